The molecule has 204 valence electrons. The molecular weight excluding hydrogens is 496 g/mol. The Morgan fingerprint density at radius 3 is 0.795 bits per heavy atom. The number of phenolic OH excluding ortho intramolecular Hbond substituents is 2. The summed E-state index contributed by atoms with van der Waals surface area (Å²) in [6.45, 7) is 15.8. The van der Waals surface area contributed by atoms with Crippen molar-refractivity contribution in [1.29, 1.82) is 0 Å². The Kier molecular flexibility index (Phi) is 12.7. The Bertz CT molecular complexity index is 1300. The minimum atomic E-state index is 0.191. The Balaban J connectivity index is 3.22. The molecule has 0 saturated carbocycles. The van der Waals surface area contributed by atoms with Gasteiger partial charge in [0.25, 0.3) is 0 Å². The maximum Gasteiger partial charge on any atom is 0.137 e. The third kappa shape index (κ3) is 6.85. The molecule has 0 spiro atoms. The first-order chi connectivity index (χ1) is 18.9. The number of benzene rings is 2. The molecule has 3 heteroatoms. The van der Waals surface area contributed by atoms with Crippen LogP contribution < -0.4 is 0 Å². The van der Waals surface area contributed by atoms with E-state index in [4.69, 9.17) is 0 Å². The van der Waals surface area contributed by atoms with Crippen LogP contribution in [0.25, 0.3) is 48.6 Å². The highest BCUT2D eigenvalue weighted by Crippen LogP contribution is 2.51. The molecule has 2 nitrogen and oxygen atoms in total. The van der Waals surface area contributed by atoms with E-state index in [9.17, 15) is 10.2 Å². The van der Waals surface area contributed by atoms with Crippen molar-refractivity contribution in [3.8, 4) is 11.5 Å². The second-order valence-corrected chi connectivity index (χ2v) is 9.79. The van der Waals surface area contributed by atoms with E-state index in [0.717, 1.165) is 44.5 Å². The van der Waals surface area contributed by atoms with Crippen molar-refractivity contribution in [3.05, 3.63) is 93.1 Å². The third-order valence-electron chi connectivity index (χ3n) is 6.04. The zero-order chi connectivity index (χ0) is 28.9. The molecule has 0 atom stereocenters. The summed E-state index contributed by atoms with van der Waals surface area (Å²) < 4.78 is 0. The van der Waals surface area contributed by atoms with Gasteiger partial charge in [0.1, 0.15) is 11.5 Å². The molecule has 39 heavy (non-hydrogen) atoms. The normalized spacial score (nSPS) is 13.1. The first-order valence-electron chi connectivity index (χ1n) is 13.5. The average Bonchev–Trinajstić information content (AvgIpc) is 2.92. The second-order valence-electron chi connectivity index (χ2n) is 8.77. The molecule has 0 aliphatic carbocycles. The first kappa shape index (κ1) is 31.5. The highest BCUT2D eigenvalue weighted by Gasteiger charge is 2.25. The number of hydrogen-bond acceptors (Lipinski definition) is 3. The number of aromatic hydroxyl groups is 2. The summed E-state index contributed by atoms with van der Waals surface area (Å²) in [5, 5.41) is 23.6. The standard InChI is InChI=1S/C36H42O2S/c1-9-17-25-27(19-11-3)31(23-15-7)35(33(37)29(25)21-13-5)39-36-32(24-16-8)28(20-12-4)26(18-10-2)30(22-14-6)34(36)38/h9-24,37-38H,1-8H3/b17-9-,18-10-,19-11?,20-12?,21-13?,22-14?,23-15-,24-16-. The van der Waals surface area contributed by atoms with Crippen LogP contribution in [0.1, 0.15) is 99.9 Å². The fourth-order valence-corrected chi connectivity index (χ4v) is 5.80. The lowest BCUT2D eigenvalue weighted by atomic mass is 9.92. The predicted molar refractivity (Wildman–Crippen MR) is 178 cm³/mol. The summed E-state index contributed by atoms with van der Waals surface area (Å²) in [5.41, 5.74) is 7.25. The summed E-state index contributed by atoms with van der Waals surface area (Å²) in [6.07, 6.45) is 32.1. The monoisotopic (exact) mass is 538 g/mol. The van der Waals surface area contributed by atoms with Crippen LogP contribution in [-0.2, 0) is 0 Å². The lowest BCUT2D eigenvalue weighted by Gasteiger charge is -2.22. The van der Waals surface area contributed by atoms with Crippen LogP contribution in [0.15, 0.2) is 58.4 Å². The van der Waals surface area contributed by atoms with Gasteiger partial charge >= 0.3 is 0 Å². The van der Waals surface area contributed by atoms with E-state index in [1.165, 1.54) is 11.8 Å². The minimum absolute atomic E-state index is 0.191. The summed E-state index contributed by atoms with van der Waals surface area (Å²) >= 11 is 1.40. The average molecular weight is 539 g/mol. The highest BCUT2D eigenvalue weighted by atomic mass is 32.2. The van der Waals surface area contributed by atoms with Gasteiger partial charge in [0.05, 0.1) is 9.79 Å². The van der Waals surface area contributed by atoms with Gasteiger partial charge in [0, 0.05) is 11.1 Å². The number of phenols is 2. The number of allylic oxidation sites excluding steroid dienone is 8. The fraction of sp³-hybridized carbons (Fsp3) is 0.222. The van der Waals surface area contributed by atoms with Gasteiger partial charge in [-0.05, 0) is 88.8 Å². The highest BCUT2D eigenvalue weighted by molar-refractivity contribution is 7.99. The molecule has 2 rings (SSSR count). The largest absolute Gasteiger partial charge is 0.506 e. The Labute approximate surface area is 239 Å². The summed E-state index contributed by atoms with van der Waals surface area (Å²) in [6, 6.07) is 0. The van der Waals surface area contributed by atoms with E-state index in [-0.39, 0.29) is 11.5 Å². The van der Waals surface area contributed by atoms with Crippen LogP contribution in [0.5, 0.6) is 11.5 Å². The molecule has 0 saturated heterocycles. The van der Waals surface area contributed by atoms with Crippen LogP contribution >= 0.6 is 11.8 Å². The second kappa shape index (κ2) is 15.7. The van der Waals surface area contributed by atoms with Crippen molar-refractivity contribution >= 4 is 60.4 Å². The van der Waals surface area contributed by atoms with Crippen LogP contribution in [0.2, 0.25) is 0 Å². The van der Waals surface area contributed by atoms with Crippen LogP contribution in [-0.4, -0.2) is 10.2 Å². The molecule has 0 radical (unpaired) electrons. The van der Waals surface area contributed by atoms with E-state index in [1.807, 2.05) is 140 Å². The van der Waals surface area contributed by atoms with Gasteiger partial charge < -0.3 is 10.2 Å². The molecule has 0 heterocycles. The fourth-order valence-electron chi connectivity index (χ4n) is 4.61. The van der Waals surface area contributed by atoms with E-state index in [1.54, 1.807) is 0 Å². The Morgan fingerprint density at radius 1 is 0.333 bits per heavy atom. The van der Waals surface area contributed by atoms with Crippen LogP contribution in [0, 0.1) is 0 Å². The van der Waals surface area contributed by atoms with E-state index >= 15 is 0 Å². The van der Waals surface area contributed by atoms with Gasteiger partial charge in [-0.2, -0.15) is 0 Å². The van der Waals surface area contributed by atoms with Crippen molar-refractivity contribution in [2.75, 3.05) is 0 Å². The summed E-state index contributed by atoms with van der Waals surface area (Å²) in [7, 11) is 0. The SMILES string of the molecule is CC=Cc1c(O)c(Sc2c(O)c(C=CC)c(/C=C\C)c(C=CC)c2/C=C\C)c(/C=C\C)c(C=CC)c1/C=C\C. The maximum absolute atomic E-state index is 11.8. The molecule has 0 aliphatic rings. The minimum Gasteiger partial charge on any atom is -0.506 e. The lowest BCUT2D eigenvalue weighted by Crippen LogP contribution is -1.99. The third-order valence-corrected chi connectivity index (χ3v) is 7.28. The quantitative estimate of drug-likeness (QED) is 0.316. The van der Waals surface area contributed by atoms with E-state index in [2.05, 4.69) is 12.2 Å². The molecule has 0 unspecified atom stereocenters. The van der Waals surface area contributed by atoms with Gasteiger partial charge in [-0.25, -0.2) is 0 Å². The van der Waals surface area contributed by atoms with Gasteiger partial charge in [0.2, 0.25) is 0 Å². The Morgan fingerprint density at radius 2 is 0.538 bits per heavy atom. The molecule has 0 amide bonds. The van der Waals surface area contributed by atoms with Crippen molar-refractivity contribution in [3.63, 3.8) is 0 Å². The van der Waals surface area contributed by atoms with Gasteiger partial charge in [-0.15, -0.1) is 0 Å². The molecule has 0 aromatic heterocycles. The zero-order valence-corrected chi connectivity index (χ0v) is 25.4. The number of rotatable bonds is 10. The molecule has 2 N–H and O–H groups in total. The summed E-state index contributed by atoms with van der Waals surface area (Å²) in [5.74, 6) is 0.382. The van der Waals surface area contributed by atoms with Crippen molar-refractivity contribution in [1.82, 2.24) is 0 Å². The van der Waals surface area contributed by atoms with Crippen molar-refractivity contribution < 1.29 is 10.2 Å². The van der Waals surface area contributed by atoms with Gasteiger partial charge in [0.15, 0.2) is 0 Å². The first-order valence-corrected chi connectivity index (χ1v) is 14.3. The molecule has 0 bridgehead atoms. The van der Waals surface area contributed by atoms with Crippen LogP contribution in [0.3, 0.4) is 0 Å². The molecule has 0 fully saturated rings. The molecule has 2 aromatic carbocycles. The van der Waals surface area contributed by atoms with Gasteiger partial charge in [-0.3, -0.25) is 0 Å². The van der Waals surface area contributed by atoms with Crippen LogP contribution in [0.4, 0.5) is 0 Å². The predicted octanol–water partition coefficient (Wildman–Crippen LogP) is 11.5. The van der Waals surface area contributed by atoms with Crippen molar-refractivity contribution in [2.24, 2.45) is 0 Å². The topological polar surface area (TPSA) is 40.5 Å². The number of hydrogen-bond donors (Lipinski definition) is 2. The Hall–Kier alpha value is -3.69. The smallest absolute Gasteiger partial charge is 0.137 e. The molecule has 2 aromatic rings. The van der Waals surface area contributed by atoms with Crippen molar-refractivity contribution in [2.45, 2.75) is 65.2 Å². The lowest BCUT2D eigenvalue weighted by molar-refractivity contribution is 0.458. The molecule has 0 aliphatic heterocycles. The maximum atomic E-state index is 11.8. The summed E-state index contributed by atoms with van der Waals surface area (Å²) in [4.78, 5) is 1.39. The van der Waals surface area contributed by atoms with Gasteiger partial charge in [-0.1, -0.05) is 109 Å². The van der Waals surface area contributed by atoms with E-state index in [0.29, 0.717) is 9.79 Å². The zero-order valence-electron chi connectivity index (χ0n) is 24.5. The molecular formula is C36H42O2S. The van der Waals surface area contributed by atoms with E-state index < -0.39 is 0 Å².